The zero-order chi connectivity index (χ0) is 20.8. The maximum Gasteiger partial charge on any atom is 0.167 e. The lowest BCUT2D eigenvalue weighted by atomic mass is 10.1. The van der Waals surface area contributed by atoms with E-state index in [1.165, 1.54) is 5.56 Å². The van der Waals surface area contributed by atoms with E-state index in [0.29, 0.717) is 12.4 Å². The van der Waals surface area contributed by atoms with Gasteiger partial charge in [-0.1, -0.05) is 54.1 Å². The van der Waals surface area contributed by atoms with Gasteiger partial charge in [0.2, 0.25) is 0 Å². The molecule has 0 bridgehead atoms. The maximum atomic E-state index is 14.5. The van der Waals surface area contributed by atoms with Gasteiger partial charge in [0.25, 0.3) is 0 Å². The van der Waals surface area contributed by atoms with Crippen LogP contribution in [0, 0.1) is 5.82 Å². The first-order valence-electron chi connectivity index (χ1n) is 10.4. The van der Waals surface area contributed by atoms with Crippen molar-refractivity contribution in [2.75, 3.05) is 37.6 Å². The Morgan fingerprint density at radius 1 is 0.833 bits per heavy atom. The van der Waals surface area contributed by atoms with E-state index >= 15 is 0 Å². The van der Waals surface area contributed by atoms with Crippen molar-refractivity contribution in [3.8, 4) is 5.75 Å². The average molecular weight is 425 g/mol. The molecule has 1 saturated heterocycles. The Hall–Kier alpha value is -2.56. The van der Waals surface area contributed by atoms with Gasteiger partial charge in [-0.15, -0.1) is 0 Å². The summed E-state index contributed by atoms with van der Waals surface area (Å²) in [5, 5.41) is 0.774. The lowest BCUT2D eigenvalue weighted by Gasteiger charge is -2.36. The summed E-state index contributed by atoms with van der Waals surface area (Å²) in [6.45, 7) is 5.12. The topological polar surface area (TPSA) is 15.7 Å². The molecule has 156 valence electrons. The highest BCUT2D eigenvalue weighted by Crippen LogP contribution is 2.25. The standard InChI is InChI=1S/C25H26ClFN2O/c26-22-8-6-20(7-9-22)12-13-28-14-16-29(17-15-28)23-10-11-25(24(27)18-23)30-19-21-4-2-1-3-5-21/h1-11,18H,12-17,19H2. The molecule has 30 heavy (non-hydrogen) atoms. The highest BCUT2D eigenvalue weighted by molar-refractivity contribution is 6.30. The third-order valence-electron chi connectivity index (χ3n) is 5.52. The Morgan fingerprint density at radius 3 is 2.27 bits per heavy atom. The molecule has 1 aliphatic heterocycles. The molecule has 0 amide bonds. The molecule has 0 aromatic heterocycles. The number of benzene rings is 3. The molecule has 1 fully saturated rings. The summed E-state index contributed by atoms with van der Waals surface area (Å²) in [6.07, 6.45) is 1.01. The van der Waals surface area contributed by atoms with E-state index in [4.69, 9.17) is 16.3 Å². The fourth-order valence-electron chi connectivity index (χ4n) is 3.71. The summed E-state index contributed by atoms with van der Waals surface area (Å²) in [7, 11) is 0. The Balaban J connectivity index is 1.27. The Labute approximate surface area is 182 Å². The fourth-order valence-corrected chi connectivity index (χ4v) is 3.83. The lowest BCUT2D eigenvalue weighted by molar-refractivity contribution is 0.260. The Morgan fingerprint density at radius 2 is 1.57 bits per heavy atom. The molecule has 0 radical (unpaired) electrons. The van der Waals surface area contributed by atoms with Crippen molar-refractivity contribution >= 4 is 17.3 Å². The second-order valence-electron chi connectivity index (χ2n) is 7.59. The van der Waals surface area contributed by atoms with Gasteiger partial charge >= 0.3 is 0 Å². The van der Waals surface area contributed by atoms with Crippen molar-refractivity contribution in [3.05, 3.63) is 94.8 Å². The molecule has 0 spiro atoms. The van der Waals surface area contributed by atoms with Gasteiger partial charge in [0.05, 0.1) is 0 Å². The van der Waals surface area contributed by atoms with Crippen LogP contribution >= 0.6 is 11.6 Å². The molecule has 3 nitrogen and oxygen atoms in total. The molecule has 3 aromatic carbocycles. The molecule has 0 aliphatic carbocycles. The van der Waals surface area contributed by atoms with Gasteiger partial charge in [-0.05, 0) is 41.8 Å². The van der Waals surface area contributed by atoms with E-state index in [0.717, 1.165) is 55.4 Å². The quantitative estimate of drug-likeness (QED) is 0.503. The van der Waals surface area contributed by atoms with Gasteiger partial charge < -0.3 is 9.64 Å². The molecule has 5 heteroatoms. The van der Waals surface area contributed by atoms with Crippen LogP contribution in [-0.2, 0) is 13.0 Å². The molecule has 1 aliphatic rings. The van der Waals surface area contributed by atoms with Crippen molar-refractivity contribution in [2.24, 2.45) is 0 Å². The third kappa shape index (κ3) is 5.53. The molecule has 0 atom stereocenters. The first kappa shape index (κ1) is 20.7. The molecule has 3 aromatic rings. The first-order chi connectivity index (χ1) is 14.7. The Kier molecular flexibility index (Phi) is 6.88. The normalized spacial score (nSPS) is 14.7. The van der Waals surface area contributed by atoms with E-state index in [-0.39, 0.29) is 5.82 Å². The van der Waals surface area contributed by atoms with Crippen LogP contribution in [0.1, 0.15) is 11.1 Å². The monoisotopic (exact) mass is 424 g/mol. The molecule has 1 heterocycles. The summed E-state index contributed by atoms with van der Waals surface area (Å²) < 4.78 is 20.2. The van der Waals surface area contributed by atoms with Crippen molar-refractivity contribution in [2.45, 2.75) is 13.0 Å². The van der Waals surface area contributed by atoms with E-state index < -0.39 is 0 Å². The number of anilines is 1. The molecule has 0 unspecified atom stereocenters. The van der Waals surface area contributed by atoms with Gasteiger partial charge in [-0.2, -0.15) is 0 Å². The number of hydrogen-bond acceptors (Lipinski definition) is 3. The van der Waals surface area contributed by atoms with E-state index in [2.05, 4.69) is 21.9 Å². The number of halogens is 2. The van der Waals surface area contributed by atoms with E-state index in [9.17, 15) is 4.39 Å². The SMILES string of the molecule is Fc1cc(N2CCN(CCc3ccc(Cl)cc3)CC2)ccc1OCc1ccccc1. The molecule has 4 rings (SSSR count). The van der Waals surface area contributed by atoms with Gasteiger partial charge in [0.15, 0.2) is 11.6 Å². The minimum atomic E-state index is -0.311. The number of piperazine rings is 1. The minimum absolute atomic E-state index is 0.296. The summed E-state index contributed by atoms with van der Waals surface area (Å²) >= 11 is 5.95. The van der Waals surface area contributed by atoms with Crippen molar-refractivity contribution in [1.82, 2.24) is 4.90 Å². The number of rotatable bonds is 7. The second-order valence-corrected chi connectivity index (χ2v) is 8.03. The van der Waals surface area contributed by atoms with Crippen LogP contribution in [0.25, 0.3) is 0 Å². The highest BCUT2D eigenvalue weighted by atomic mass is 35.5. The third-order valence-corrected chi connectivity index (χ3v) is 5.77. The molecular weight excluding hydrogens is 399 g/mol. The molecule has 0 saturated carbocycles. The summed E-state index contributed by atoms with van der Waals surface area (Å²) in [4.78, 5) is 4.70. The van der Waals surface area contributed by atoms with Crippen LogP contribution in [0.4, 0.5) is 10.1 Å². The first-order valence-corrected chi connectivity index (χ1v) is 10.7. The number of nitrogens with zero attached hydrogens (tertiary/aromatic N) is 2. The average Bonchev–Trinajstić information content (AvgIpc) is 2.79. The van der Waals surface area contributed by atoms with Crippen LogP contribution < -0.4 is 9.64 Å². The lowest BCUT2D eigenvalue weighted by Crippen LogP contribution is -2.47. The molecular formula is C25H26ClFN2O. The summed E-state index contributed by atoms with van der Waals surface area (Å²) in [6, 6.07) is 23.1. The van der Waals surface area contributed by atoms with Crippen molar-refractivity contribution in [3.63, 3.8) is 0 Å². The van der Waals surface area contributed by atoms with Crippen LogP contribution in [0.3, 0.4) is 0 Å². The summed E-state index contributed by atoms with van der Waals surface area (Å²) in [5.41, 5.74) is 3.24. The zero-order valence-electron chi connectivity index (χ0n) is 16.9. The van der Waals surface area contributed by atoms with Gasteiger partial charge in [-0.3, -0.25) is 4.90 Å². The van der Waals surface area contributed by atoms with E-state index in [1.54, 1.807) is 12.1 Å². The van der Waals surface area contributed by atoms with Crippen LogP contribution in [-0.4, -0.2) is 37.6 Å². The van der Waals surface area contributed by atoms with E-state index in [1.807, 2.05) is 48.5 Å². The summed E-state index contributed by atoms with van der Waals surface area (Å²) in [5.74, 6) is -0.0159. The number of ether oxygens (including phenoxy) is 1. The maximum absolute atomic E-state index is 14.5. The predicted molar refractivity (Wildman–Crippen MR) is 121 cm³/mol. The minimum Gasteiger partial charge on any atom is -0.486 e. The Bertz CT molecular complexity index is 941. The fraction of sp³-hybridized carbons (Fsp3) is 0.280. The van der Waals surface area contributed by atoms with Crippen LogP contribution in [0.5, 0.6) is 5.75 Å². The van der Waals surface area contributed by atoms with Gasteiger partial charge in [0, 0.05) is 49.5 Å². The van der Waals surface area contributed by atoms with Gasteiger partial charge in [-0.25, -0.2) is 4.39 Å². The highest BCUT2D eigenvalue weighted by Gasteiger charge is 2.18. The van der Waals surface area contributed by atoms with Crippen LogP contribution in [0.2, 0.25) is 5.02 Å². The van der Waals surface area contributed by atoms with Crippen molar-refractivity contribution in [1.29, 1.82) is 0 Å². The number of hydrogen-bond donors (Lipinski definition) is 0. The van der Waals surface area contributed by atoms with Crippen molar-refractivity contribution < 1.29 is 9.13 Å². The largest absolute Gasteiger partial charge is 0.486 e. The predicted octanol–water partition coefficient (Wildman–Crippen LogP) is 5.42. The second kappa shape index (κ2) is 9.96. The smallest absolute Gasteiger partial charge is 0.167 e. The molecule has 0 N–H and O–H groups in total. The van der Waals surface area contributed by atoms with Gasteiger partial charge in [0.1, 0.15) is 6.61 Å². The van der Waals surface area contributed by atoms with Crippen LogP contribution in [0.15, 0.2) is 72.8 Å². The zero-order valence-corrected chi connectivity index (χ0v) is 17.7.